The average molecular weight is 473 g/mol. The van der Waals surface area contributed by atoms with Crippen LogP contribution < -0.4 is 19.9 Å². The highest BCUT2D eigenvalue weighted by molar-refractivity contribution is 7.98. The Morgan fingerprint density at radius 2 is 1.79 bits per heavy atom. The van der Waals surface area contributed by atoms with E-state index in [0.717, 1.165) is 27.1 Å². The van der Waals surface area contributed by atoms with Crippen LogP contribution in [0.2, 0.25) is 0 Å². The number of hydrogen-bond acceptors (Lipinski definition) is 7. The summed E-state index contributed by atoms with van der Waals surface area (Å²) >= 11 is 1.64. The number of hydrogen-bond donors (Lipinski definition) is 1. The zero-order valence-electron chi connectivity index (χ0n) is 19.1. The number of ether oxygens (including phenoxy) is 3. The summed E-state index contributed by atoms with van der Waals surface area (Å²) in [4.78, 5) is 13.5. The van der Waals surface area contributed by atoms with Gasteiger partial charge >= 0.3 is 5.97 Å². The predicted molar refractivity (Wildman–Crippen MR) is 131 cm³/mol. The Balaban J connectivity index is 1.53. The van der Waals surface area contributed by atoms with Crippen molar-refractivity contribution in [2.45, 2.75) is 24.7 Å². The molecule has 1 atom stereocenters. The van der Waals surface area contributed by atoms with E-state index in [0.29, 0.717) is 22.8 Å². The van der Waals surface area contributed by atoms with Gasteiger partial charge in [-0.3, -0.25) is 0 Å². The lowest BCUT2D eigenvalue weighted by molar-refractivity contribution is -0.136. The molecule has 1 aliphatic rings. The topological polar surface area (TPSA) is 94.6 Å². The first-order chi connectivity index (χ1) is 16.4. The molecule has 3 aromatic rings. The van der Waals surface area contributed by atoms with Crippen LogP contribution in [0, 0.1) is 25.2 Å². The second-order valence-electron chi connectivity index (χ2n) is 7.91. The van der Waals surface area contributed by atoms with Crippen molar-refractivity contribution < 1.29 is 19.0 Å². The molecule has 3 aromatic carbocycles. The molecule has 2 N–H and O–H groups in total. The number of nitrogens with zero attached hydrogens (tertiary/aromatic N) is 1. The number of carbonyl (C=O) groups is 1. The Hall–Kier alpha value is -3.89. The van der Waals surface area contributed by atoms with Crippen molar-refractivity contribution in [2.75, 3.05) is 12.9 Å². The monoisotopic (exact) mass is 472 g/mol. The fourth-order valence-electron chi connectivity index (χ4n) is 3.75. The van der Waals surface area contributed by atoms with Crippen LogP contribution in [0.1, 0.15) is 28.2 Å². The van der Waals surface area contributed by atoms with Gasteiger partial charge in [-0.25, -0.2) is 4.79 Å². The summed E-state index contributed by atoms with van der Waals surface area (Å²) in [5.41, 5.74) is 10.3. The maximum absolute atomic E-state index is 12.3. The number of thioether (sulfide) groups is 1. The lowest BCUT2D eigenvalue weighted by atomic mass is 9.83. The van der Waals surface area contributed by atoms with Crippen LogP contribution in [0.4, 0.5) is 0 Å². The van der Waals surface area contributed by atoms with Gasteiger partial charge in [-0.15, -0.1) is 11.8 Å². The van der Waals surface area contributed by atoms with Crippen molar-refractivity contribution in [1.82, 2.24) is 0 Å². The number of fused-ring (bicyclic) bond motifs is 1. The SMILES string of the molecule is CSc1ccc(C2C(C#N)=C(N)Oc3cc(OC(=O)COc4ccc(C)c(C)c4)ccc32)cc1. The van der Waals surface area contributed by atoms with Crippen molar-refractivity contribution in [2.24, 2.45) is 5.73 Å². The molecule has 0 aliphatic carbocycles. The van der Waals surface area contributed by atoms with Crippen molar-refractivity contribution >= 4 is 17.7 Å². The fourth-order valence-corrected chi connectivity index (χ4v) is 4.15. The summed E-state index contributed by atoms with van der Waals surface area (Å²) < 4.78 is 16.7. The summed E-state index contributed by atoms with van der Waals surface area (Å²) in [6.45, 7) is 3.76. The van der Waals surface area contributed by atoms with E-state index in [1.165, 1.54) is 0 Å². The molecule has 0 spiro atoms. The minimum Gasteiger partial charge on any atom is -0.482 e. The van der Waals surface area contributed by atoms with Crippen LogP contribution in [-0.4, -0.2) is 18.8 Å². The summed E-state index contributed by atoms with van der Waals surface area (Å²) in [6, 6.07) is 20.9. The highest BCUT2D eigenvalue weighted by Crippen LogP contribution is 2.43. The number of aryl methyl sites for hydroxylation is 2. The summed E-state index contributed by atoms with van der Waals surface area (Å²) in [6.07, 6.45) is 2.01. The molecule has 4 rings (SSSR count). The van der Waals surface area contributed by atoms with E-state index < -0.39 is 5.97 Å². The molecule has 34 heavy (non-hydrogen) atoms. The smallest absolute Gasteiger partial charge is 0.349 e. The van der Waals surface area contributed by atoms with E-state index in [9.17, 15) is 10.1 Å². The molecule has 0 radical (unpaired) electrons. The van der Waals surface area contributed by atoms with Crippen LogP contribution in [0.3, 0.4) is 0 Å². The highest BCUT2D eigenvalue weighted by Gasteiger charge is 2.31. The van der Waals surface area contributed by atoms with E-state index in [4.69, 9.17) is 19.9 Å². The molecular weight excluding hydrogens is 448 g/mol. The van der Waals surface area contributed by atoms with Gasteiger partial charge < -0.3 is 19.9 Å². The zero-order chi connectivity index (χ0) is 24.2. The molecule has 0 bridgehead atoms. The molecule has 7 heteroatoms. The van der Waals surface area contributed by atoms with Crippen molar-refractivity contribution in [1.29, 1.82) is 5.26 Å². The van der Waals surface area contributed by atoms with Crippen LogP contribution >= 0.6 is 11.8 Å². The average Bonchev–Trinajstić information content (AvgIpc) is 2.84. The van der Waals surface area contributed by atoms with E-state index in [2.05, 4.69) is 6.07 Å². The molecule has 0 saturated carbocycles. The molecule has 172 valence electrons. The number of rotatable bonds is 6. The first-order valence-corrected chi connectivity index (χ1v) is 11.9. The summed E-state index contributed by atoms with van der Waals surface area (Å²) in [5.74, 6) is 0.469. The molecule has 0 aromatic heterocycles. The van der Waals surface area contributed by atoms with Gasteiger partial charge in [0.25, 0.3) is 0 Å². The Morgan fingerprint density at radius 3 is 2.47 bits per heavy atom. The molecule has 0 fully saturated rings. The van der Waals surface area contributed by atoms with Gasteiger partial charge in [-0.05, 0) is 67.1 Å². The van der Waals surface area contributed by atoms with Crippen molar-refractivity contribution in [3.8, 4) is 23.3 Å². The molecule has 1 unspecified atom stereocenters. The van der Waals surface area contributed by atoms with E-state index in [-0.39, 0.29) is 18.4 Å². The maximum Gasteiger partial charge on any atom is 0.349 e. The summed E-state index contributed by atoms with van der Waals surface area (Å²) in [5, 5.41) is 9.72. The number of esters is 1. The predicted octanol–water partition coefficient (Wildman–Crippen LogP) is 5.23. The van der Waals surface area contributed by atoms with Gasteiger partial charge in [-0.1, -0.05) is 24.3 Å². The van der Waals surface area contributed by atoms with Crippen LogP contribution in [0.5, 0.6) is 17.2 Å². The molecule has 0 amide bonds. The number of nitriles is 1. The Morgan fingerprint density at radius 1 is 1.06 bits per heavy atom. The van der Waals surface area contributed by atoms with Gasteiger partial charge in [-0.2, -0.15) is 5.26 Å². The number of allylic oxidation sites excluding steroid dienone is 1. The quantitative estimate of drug-likeness (QED) is 0.298. The van der Waals surface area contributed by atoms with E-state index in [1.807, 2.05) is 62.6 Å². The van der Waals surface area contributed by atoms with Crippen molar-refractivity contribution in [3.63, 3.8) is 0 Å². The second-order valence-corrected chi connectivity index (χ2v) is 8.79. The third-order valence-electron chi connectivity index (χ3n) is 5.71. The largest absolute Gasteiger partial charge is 0.482 e. The molecule has 1 heterocycles. The summed E-state index contributed by atoms with van der Waals surface area (Å²) in [7, 11) is 0. The Labute approximate surface area is 202 Å². The standard InChI is InChI=1S/C27H24N2O4S/c1-16-4-7-19(12-17(16)2)31-15-25(30)32-20-8-11-22-24(13-20)33-27(29)23(14-28)26(22)18-5-9-21(34-3)10-6-18/h4-13,26H,15,29H2,1-3H3. The molecule has 1 aliphatic heterocycles. The van der Waals surface area contributed by atoms with Gasteiger partial charge in [0.15, 0.2) is 6.61 Å². The van der Waals surface area contributed by atoms with Gasteiger partial charge in [0.1, 0.15) is 28.9 Å². The van der Waals surface area contributed by atoms with Gasteiger partial charge in [0.05, 0.1) is 5.92 Å². The van der Waals surface area contributed by atoms with Crippen LogP contribution in [0.15, 0.2) is 77.0 Å². The minimum absolute atomic E-state index is 0.0375. The molecular formula is C27H24N2O4S. The van der Waals surface area contributed by atoms with Gasteiger partial charge in [0.2, 0.25) is 5.88 Å². The first-order valence-electron chi connectivity index (χ1n) is 10.7. The normalized spacial score (nSPS) is 14.6. The number of carbonyl (C=O) groups excluding carboxylic acids is 1. The third-order valence-corrected chi connectivity index (χ3v) is 6.45. The van der Waals surface area contributed by atoms with E-state index >= 15 is 0 Å². The maximum atomic E-state index is 12.3. The molecule has 0 saturated heterocycles. The Kier molecular flexibility index (Phi) is 6.80. The van der Waals surface area contributed by atoms with Gasteiger partial charge in [0, 0.05) is 16.5 Å². The fraction of sp³-hybridized carbons (Fsp3) is 0.185. The molecule has 6 nitrogen and oxygen atoms in total. The highest BCUT2D eigenvalue weighted by atomic mass is 32.2. The lowest BCUT2D eigenvalue weighted by Gasteiger charge is -2.26. The van der Waals surface area contributed by atoms with Crippen molar-refractivity contribution in [3.05, 3.63) is 94.4 Å². The lowest BCUT2D eigenvalue weighted by Crippen LogP contribution is -2.21. The first kappa shape index (κ1) is 23.3. The van der Waals surface area contributed by atoms with E-state index in [1.54, 1.807) is 30.0 Å². The Bertz CT molecular complexity index is 1310. The number of benzene rings is 3. The van der Waals surface area contributed by atoms with Crippen LogP contribution in [0.25, 0.3) is 0 Å². The second kappa shape index (κ2) is 9.94. The third kappa shape index (κ3) is 4.87. The number of nitrogens with two attached hydrogens (primary N) is 1. The zero-order valence-corrected chi connectivity index (χ0v) is 19.9. The van der Waals surface area contributed by atoms with Crippen LogP contribution in [-0.2, 0) is 4.79 Å². The minimum atomic E-state index is -0.542.